The zero-order valence-corrected chi connectivity index (χ0v) is 10.4. The molecule has 0 fully saturated rings. The molecule has 0 atom stereocenters. The highest BCUT2D eigenvalue weighted by atomic mass is 19.2. The van der Waals surface area contributed by atoms with Crippen molar-refractivity contribution in [1.82, 2.24) is 4.98 Å². The first-order valence-corrected chi connectivity index (χ1v) is 5.62. The number of aromatic nitrogens is 1. The SMILES string of the molecule is N#Cc1ccc(NC(=O)c2ccnc(F)c2F)cc1C#N. The van der Waals surface area contributed by atoms with Gasteiger partial charge in [-0.1, -0.05) is 0 Å². The van der Waals surface area contributed by atoms with Gasteiger partial charge in [-0.3, -0.25) is 4.79 Å². The smallest absolute Gasteiger partial charge is 0.258 e. The van der Waals surface area contributed by atoms with Gasteiger partial charge in [-0.2, -0.15) is 14.9 Å². The van der Waals surface area contributed by atoms with E-state index in [1.54, 1.807) is 6.07 Å². The maximum Gasteiger partial charge on any atom is 0.258 e. The first kappa shape index (κ1) is 14.1. The van der Waals surface area contributed by atoms with Crippen LogP contribution < -0.4 is 5.32 Å². The molecule has 0 aliphatic rings. The topological polar surface area (TPSA) is 89.6 Å². The molecule has 2 rings (SSSR count). The van der Waals surface area contributed by atoms with Crippen LogP contribution in [-0.2, 0) is 0 Å². The van der Waals surface area contributed by atoms with E-state index in [1.165, 1.54) is 18.2 Å². The van der Waals surface area contributed by atoms with Crippen molar-refractivity contribution >= 4 is 11.6 Å². The fourth-order valence-electron chi connectivity index (χ4n) is 1.60. The number of nitrogens with one attached hydrogen (secondary N) is 1. The van der Waals surface area contributed by atoms with Crippen LogP contribution in [0.15, 0.2) is 30.5 Å². The number of pyridine rings is 1. The van der Waals surface area contributed by atoms with Crippen molar-refractivity contribution in [2.75, 3.05) is 5.32 Å². The maximum atomic E-state index is 13.4. The number of hydrogen-bond donors (Lipinski definition) is 1. The molecule has 102 valence electrons. The lowest BCUT2D eigenvalue weighted by Gasteiger charge is -2.07. The van der Waals surface area contributed by atoms with Gasteiger partial charge in [0.25, 0.3) is 5.91 Å². The molecule has 0 unspecified atom stereocenters. The van der Waals surface area contributed by atoms with E-state index in [-0.39, 0.29) is 16.8 Å². The summed E-state index contributed by atoms with van der Waals surface area (Å²) in [6, 6.07) is 8.65. The molecule has 1 aromatic carbocycles. The molecule has 1 aromatic heterocycles. The van der Waals surface area contributed by atoms with Gasteiger partial charge in [-0.05, 0) is 24.3 Å². The summed E-state index contributed by atoms with van der Waals surface area (Å²) in [4.78, 5) is 14.9. The van der Waals surface area contributed by atoms with Gasteiger partial charge in [0.1, 0.15) is 12.1 Å². The number of amides is 1. The Balaban J connectivity index is 2.31. The van der Waals surface area contributed by atoms with Crippen molar-refractivity contribution < 1.29 is 13.6 Å². The van der Waals surface area contributed by atoms with Gasteiger partial charge >= 0.3 is 0 Å². The average Bonchev–Trinajstić information content (AvgIpc) is 2.49. The van der Waals surface area contributed by atoms with Crippen LogP contribution in [-0.4, -0.2) is 10.9 Å². The minimum Gasteiger partial charge on any atom is -0.322 e. The van der Waals surface area contributed by atoms with Gasteiger partial charge in [0, 0.05) is 11.9 Å². The minimum atomic E-state index is -1.37. The number of benzene rings is 1. The number of anilines is 1. The van der Waals surface area contributed by atoms with Crippen molar-refractivity contribution in [2.45, 2.75) is 0 Å². The first-order chi connectivity index (χ1) is 10.1. The Morgan fingerprint density at radius 3 is 2.52 bits per heavy atom. The highest BCUT2D eigenvalue weighted by Gasteiger charge is 2.16. The van der Waals surface area contributed by atoms with Crippen LogP contribution in [0.4, 0.5) is 14.5 Å². The third-order valence-electron chi connectivity index (χ3n) is 2.61. The number of hydrogen-bond acceptors (Lipinski definition) is 4. The number of halogens is 2. The molecule has 2 aromatic rings. The summed E-state index contributed by atoms with van der Waals surface area (Å²) in [5.41, 5.74) is -0.106. The second-order valence-electron chi connectivity index (χ2n) is 3.90. The fourth-order valence-corrected chi connectivity index (χ4v) is 1.60. The van der Waals surface area contributed by atoms with Crippen LogP contribution in [0.2, 0.25) is 0 Å². The third-order valence-corrected chi connectivity index (χ3v) is 2.61. The van der Waals surface area contributed by atoms with Crippen molar-refractivity contribution in [3.8, 4) is 12.1 Å². The molecule has 1 amide bonds. The predicted molar refractivity (Wildman–Crippen MR) is 68.0 cm³/mol. The molecule has 0 radical (unpaired) electrons. The standard InChI is InChI=1S/C14H6F2N4O/c15-12-11(3-4-19-13(12)16)14(21)20-10-2-1-8(6-17)9(5-10)7-18/h1-5H,(H,20,21). The first-order valence-electron chi connectivity index (χ1n) is 5.62. The van der Waals surface area contributed by atoms with Crippen LogP contribution in [0.5, 0.6) is 0 Å². The van der Waals surface area contributed by atoms with Crippen LogP contribution in [0.25, 0.3) is 0 Å². The van der Waals surface area contributed by atoms with E-state index in [9.17, 15) is 13.6 Å². The highest BCUT2D eigenvalue weighted by Crippen LogP contribution is 2.17. The average molecular weight is 284 g/mol. The second-order valence-corrected chi connectivity index (χ2v) is 3.90. The number of carbonyl (C=O) groups is 1. The summed E-state index contributed by atoms with van der Waals surface area (Å²) in [5.74, 6) is -3.62. The van der Waals surface area contributed by atoms with Crippen molar-refractivity contribution in [1.29, 1.82) is 10.5 Å². The van der Waals surface area contributed by atoms with E-state index >= 15 is 0 Å². The van der Waals surface area contributed by atoms with Gasteiger partial charge < -0.3 is 5.32 Å². The Morgan fingerprint density at radius 1 is 1.14 bits per heavy atom. The Hall–Kier alpha value is -3.32. The molecule has 0 saturated carbocycles. The molecule has 1 heterocycles. The number of nitriles is 2. The molecule has 21 heavy (non-hydrogen) atoms. The summed E-state index contributed by atoms with van der Waals surface area (Å²) in [7, 11) is 0. The monoisotopic (exact) mass is 284 g/mol. The highest BCUT2D eigenvalue weighted by molar-refractivity contribution is 6.04. The van der Waals surface area contributed by atoms with E-state index in [0.717, 1.165) is 12.3 Å². The fraction of sp³-hybridized carbons (Fsp3) is 0. The number of nitrogens with zero attached hydrogens (tertiary/aromatic N) is 3. The minimum absolute atomic E-state index is 0.0664. The summed E-state index contributed by atoms with van der Waals surface area (Å²) < 4.78 is 26.4. The maximum absolute atomic E-state index is 13.4. The lowest BCUT2D eigenvalue weighted by molar-refractivity contribution is 0.102. The molecular weight excluding hydrogens is 278 g/mol. The normalized spacial score (nSPS) is 9.52. The third kappa shape index (κ3) is 2.82. The van der Waals surface area contributed by atoms with E-state index < -0.39 is 23.2 Å². The Morgan fingerprint density at radius 2 is 1.86 bits per heavy atom. The van der Waals surface area contributed by atoms with Crippen molar-refractivity contribution in [3.63, 3.8) is 0 Å². The molecule has 0 saturated heterocycles. The van der Waals surface area contributed by atoms with Gasteiger partial charge in [-0.25, -0.2) is 9.37 Å². The molecule has 1 N–H and O–H groups in total. The number of rotatable bonds is 2. The van der Waals surface area contributed by atoms with Gasteiger partial charge in [-0.15, -0.1) is 0 Å². The van der Waals surface area contributed by atoms with E-state index in [2.05, 4.69) is 10.3 Å². The molecule has 7 heteroatoms. The second kappa shape index (κ2) is 5.76. The van der Waals surface area contributed by atoms with Crippen LogP contribution in [0.1, 0.15) is 21.5 Å². The molecule has 0 aliphatic heterocycles. The van der Waals surface area contributed by atoms with Crippen LogP contribution in [0, 0.1) is 34.4 Å². The quantitative estimate of drug-likeness (QED) is 0.857. The summed E-state index contributed by atoms with van der Waals surface area (Å²) in [6.07, 6.45) is 0.965. The van der Waals surface area contributed by atoms with Gasteiger partial charge in [0.2, 0.25) is 5.95 Å². The molecule has 0 aliphatic carbocycles. The van der Waals surface area contributed by atoms with Crippen LogP contribution >= 0.6 is 0 Å². The molecule has 0 spiro atoms. The largest absolute Gasteiger partial charge is 0.322 e. The zero-order valence-electron chi connectivity index (χ0n) is 10.4. The van der Waals surface area contributed by atoms with Crippen molar-refractivity contribution in [3.05, 3.63) is 58.9 Å². The van der Waals surface area contributed by atoms with Crippen LogP contribution in [0.3, 0.4) is 0 Å². The van der Waals surface area contributed by atoms with E-state index in [4.69, 9.17) is 10.5 Å². The predicted octanol–water partition coefficient (Wildman–Crippen LogP) is 2.36. The Kier molecular flexibility index (Phi) is 3.87. The Bertz CT molecular complexity index is 806. The molecule has 5 nitrogen and oxygen atoms in total. The zero-order chi connectivity index (χ0) is 15.4. The van der Waals surface area contributed by atoms with Gasteiger partial charge in [0.15, 0.2) is 5.82 Å². The summed E-state index contributed by atoms with van der Waals surface area (Å²) in [5, 5.41) is 20.0. The summed E-state index contributed by atoms with van der Waals surface area (Å²) >= 11 is 0. The Labute approximate surface area is 118 Å². The lowest BCUT2D eigenvalue weighted by atomic mass is 10.1. The van der Waals surface area contributed by atoms with E-state index in [1.807, 2.05) is 6.07 Å². The summed E-state index contributed by atoms with van der Waals surface area (Å²) in [6.45, 7) is 0. The van der Waals surface area contributed by atoms with E-state index in [0.29, 0.717) is 0 Å². The molecule has 0 bridgehead atoms. The lowest BCUT2D eigenvalue weighted by Crippen LogP contribution is -2.15. The van der Waals surface area contributed by atoms with Gasteiger partial charge in [0.05, 0.1) is 16.7 Å². The van der Waals surface area contributed by atoms with Crippen molar-refractivity contribution in [2.24, 2.45) is 0 Å². The molecular formula is C14H6F2N4O. The number of carbonyl (C=O) groups excluding carboxylic acids is 1.